The number of amides is 2. The molecule has 1 heterocycles. The molecule has 1 saturated heterocycles. The Morgan fingerprint density at radius 1 is 1.12 bits per heavy atom. The van der Waals surface area contributed by atoms with Crippen molar-refractivity contribution in [1.82, 2.24) is 14.5 Å². The number of carbonyl (C=O) groups excluding carboxylic acids is 2. The number of nitrogens with zero attached hydrogens (tertiary/aromatic N) is 2. The van der Waals surface area contributed by atoms with Gasteiger partial charge in [-0.2, -0.15) is 0 Å². The Labute approximate surface area is 154 Å². The van der Waals surface area contributed by atoms with E-state index in [1.807, 2.05) is 6.07 Å². The van der Waals surface area contributed by atoms with Gasteiger partial charge in [0.15, 0.2) is 0 Å². The summed E-state index contributed by atoms with van der Waals surface area (Å²) in [7, 11) is -3.63. The van der Waals surface area contributed by atoms with Crippen LogP contribution in [0, 0.1) is 0 Å². The molecule has 1 fully saturated rings. The summed E-state index contributed by atoms with van der Waals surface area (Å²) in [4.78, 5) is 27.3. The minimum atomic E-state index is -3.63. The molecular weight excluding hydrogens is 358 g/mol. The Morgan fingerprint density at radius 2 is 1.69 bits per heavy atom. The lowest BCUT2D eigenvalue weighted by atomic mass is 10.2. The van der Waals surface area contributed by atoms with Crippen molar-refractivity contribution in [2.45, 2.75) is 25.6 Å². The predicted octanol–water partition coefficient (Wildman–Crippen LogP) is 0.795. The zero-order valence-corrected chi connectivity index (χ0v) is 15.9. The normalized spacial score (nSPS) is 16.2. The van der Waals surface area contributed by atoms with Crippen LogP contribution in [0.3, 0.4) is 0 Å². The fraction of sp³-hybridized carbons (Fsp3) is 0.529. The largest absolute Gasteiger partial charge is 0.450 e. The maximum atomic E-state index is 12.5. The molecule has 0 radical (unpaired) electrons. The van der Waals surface area contributed by atoms with Crippen molar-refractivity contribution < 1.29 is 22.7 Å². The first-order chi connectivity index (χ1) is 12.3. The molecule has 0 aromatic heterocycles. The molecule has 1 N–H and O–H groups in total. The Balaban J connectivity index is 1.87. The molecule has 1 aliphatic heterocycles. The highest BCUT2D eigenvalue weighted by Gasteiger charge is 2.29. The standard InChI is InChI=1S/C17H25N3O5S/c1-3-25-17(22)20-11-9-19(10-12-20)16(21)14(2)18-26(23,24)13-15-7-5-4-6-8-15/h4-8,14,18H,3,9-13H2,1-2H3/t14-/m0/s1. The van der Waals surface area contributed by atoms with E-state index >= 15 is 0 Å². The summed E-state index contributed by atoms with van der Waals surface area (Å²) in [6, 6.07) is 7.93. The molecule has 0 saturated carbocycles. The number of hydrogen-bond acceptors (Lipinski definition) is 5. The average molecular weight is 383 g/mol. The van der Waals surface area contributed by atoms with E-state index in [0.717, 1.165) is 0 Å². The van der Waals surface area contributed by atoms with Crippen molar-refractivity contribution >= 4 is 22.0 Å². The van der Waals surface area contributed by atoms with Crippen molar-refractivity contribution in [3.8, 4) is 0 Å². The second-order valence-electron chi connectivity index (χ2n) is 6.10. The Bertz CT molecular complexity index is 715. The topological polar surface area (TPSA) is 96.0 Å². The van der Waals surface area contributed by atoms with Gasteiger partial charge in [-0.25, -0.2) is 17.9 Å². The van der Waals surface area contributed by atoms with E-state index in [0.29, 0.717) is 38.3 Å². The smallest absolute Gasteiger partial charge is 0.409 e. The average Bonchev–Trinajstić information content (AvgIpc) is 2.61. The van der Waals surface area contributed by atoms with E-state index < -0.39 is 22.2 Å². The first-order valence-electron chi connectivity index (χ1n) is 8.57. The van der Waals surface area contributed by atoms with Crippen LogP contribution in [0.25, 0.3) is 0 Å². The lowest BCUT2D eigenvalue weighted by Crippen LogP contribution is -2.55. The van der Waals surface area contributed by atoms with Crippen LogP contribution in [-0.4, -0.2) is 69.0 Å². The predicted molar refractivity (Wildman–Crippen MR) is 96.8 cm³/mol. The lowest BCUT2D eigenvalue weighted by molar-refractivity contribution is -0.134. The fourth-order valence-electron chi connectivity index (χ4n) is 2.75. The van der Waals surface area contributed by atoms with E-state index in [4.69, 9.17) is 4.74 Å². The Hall–Kier alpha value is -2.13. The molecule has 2 amide bonds. The third kappa shape index (κ3) is 5.70. The number of sulfonamides is 1. The van der Waals surface area contributed by atoms with Gasteiger partial charge in [0.1, 0.15) is 0 Å². The van der Waals surface area contributed by atoms with E-state index in [-0.39, 0.29) is 11.7 Å². The van der Waals surface area contributed by atoms with E-state index in [1.54, 1.807) is 36.1 Å². The summed E-state index contributed by atoms with van der Waals surface area (Å²) in [6.45, 7) is 5.01. The van der Waals surface area contributed by atoms with Crippen LogP contribution >= 0.6 is 0 Å². The zero-order chi connectivity index (χ0) is 19.2. The molecule has 0 unspecified atom stereocenters. The van der Waals surface area contributed by atoms with Crippen molar-refractivity contribution in [2.24, 2.45) is 0 Å². The Kier molecular flexibility index (Phi) is 6.98. The fourth-order valence-corrected chi connectivity index (χ4v) is 4.11. The minimum absolute atomic E-state index is 0.178. The Morgan fingerprint density at radius 3 is 2.27 bits per heavy atom. The second-order valence-corrected chi connectivity index (χ2v) is 7.85. The summed E-state index contributed by atoms with van der Waals surface area (Å²) in [6.07, 6.45) is -0.392. The summed E-state index contributed by atoms with van der Waals surface area (Å²) in [5, 5.41) is 0. The third-order valence-electron chi connectivity index (χ3n) is 4.04. The summed E-state index contributed by atoms with van der Waals surface area (Å²) < 4.78 is 31.9. The molecule has 0 aliphatic carbocycles. The number of carbonyl (C=O) groups is 2. The minimum Gasteiger partial charge on any atom is -0.450 e. The molecule has 1 aromatic rings. The van der Waals surface area contributed by atoms with Gasteiger partial charge in [-0.15, -0.1) is 0 Å². The van der Waals surface area contributed by atoms with Crippen LogP contribution in [0.15, 0.2) is 30.3 Å². The number of piperazine rings is 1. The quantitative estimate of drug-likeness (QED) is 0.784. The van der Waals surface area contributed by atoms with Gasteiger partial charge in [0, 0.05) is 26.2 Å². The summed E-state index contributed by atoms with van der Waals surface area (Å²) in [5.74, 6) is -0.479. The molecule has 1 atom stereocenters. The number of benzene rings is 1. The molecule has 1 aromatic carbocycles. The van der Waals surface area contributed by atoms with Crippen molar-refractivity contribution in [1.29, 1.82) is 0 Å². The first kappa shape index (κ1) is 20.2. The van der Waals surface area contributed by atoms with Crippen LogP contribution in [0.4, 0.5) is 4.79 Å². The van der Waals surface area contributed by atoms with Gasteiger partial charge in [0.2, 0.25) is 15.9 Å². The van der Waals surface area contributed by atoms with Crippen molar-refractivity contribution in [3.63, 3.8) is 0 Å². The third-order valence-corrected chi connectivity index (χ3v) is 5.47. The number of hydrogen-bond donors (Lipinski definition) is 1. The van der Waals surface area contributed by atoms with Gasteiger partial charge in [0.05, 0.1) is 18.4 Å². The van der Waals surface area contributed by atoms with E-state index in [9.17, 15) is 18.0 Å². The SMILES string of the molecule is CCOC(=O)N1CCN(C(=O)[C@H](C)NS(=O)(=O)Cc2ccccc2)CC1. The molecule has 26 heavy (non-hydrogen) atoms. The molecule has 1 aliphatic rings. The summed E-state index contributed by atoms with van der Waals surface area (Å²) in [5.41, 5.74) is 0.655. The zero-order valence-electron chi connectivity index (χ0n) is 15.1. The van der Waals surface area contributed by atoms with Gasteiger partial charge in [-0.05, 0) is 19.4 Å². The van der Waals surface area contributed by atoms with Gasteiger partial charge >= 0.3 is 6.09 Å². The van der Waals surface area contributed by atoms with Gasteiger partial charge in [-0.3, -0.25) is 4.79 Å². The second kappa shape index (κ2) is 9.00. The molecule has 2 rings (SSSR count). The highest BCUT2D eigenvalue weighted by molar-refractivity contribution is 7.88. The molecular formula is C17H25N3O5S. The molecule has 0 spiro atoms. The monoisotopic (exact) mass is 383 g/mol. The van der Waals surface area contributed by atoms with E-state index in [1.165, 1.54) is 11.8 Å². The number of ether oxygens (including phenoxy) is 1. The van der Waals surface area contributed by atoms with Crippen LogP contribution < -0.4 is 4.72 Å². The summed E-state index contributed by atoms with van der Waals surface area (Å²) >= 11 is 0. The number of nitrogens with one attached hydrogen (secondary N) is 1. The molecule has 8 nitrogen and oxygen atoms in total. The van der Waals surface area contributed by atoms with Crippen LogP contribution in [-0.2, 0) is 25.3 Å². The van der Waals surface area contributed by atoms with Gasteiger partial charge in [0.25, 0.3) is 0 Å². The first-order valence-corrected chi connectivity index (χ1v) is 10.2. The van der Waals surface area contributed by atoms with Gasteiger partial charge < -0.3 is 14.5 Å². The number of rotatable bonds is 6. The van der Waals surface area contributed by atoms with Crippen molar-refractivity contribution in [3.05, 3.63) is 35.9 Å². The lowest BCUT2D eigenvalue weighted by Gasteiger charge is -2.35. The van der Waals surface area contributed by atoms with Gasteiger partial charge in [-0.1, -0.05) is 30.3 Å². The van der Waals surface area contributed by atoms with Crippen LogP contribution in [0.5, 0.6) is 0 Å². The van der Waals surface area contributed by atoms with Crippen molar-refractivity contribution in [2.75, 3.05) is 32.8 Å². The highest BCUT2D eigenvalue weighted by atomic mass is 32.2. The van der Waals surface area contributed by atoms with E-state index in [2.05, 4.69) is 4.72 Å². The van der Waals surface area contributed by atoms with Crippen LogP contribution in [0.1, 0.15) is 19.4 Å². The molecule has 144 valence electrons. The maximum Gasteiger partial charge on any atom is 0.409 e. The molecule has 9 heteroatoms. The highest BCUT2D eigenvalue weighted by Crippen LogP contribution is 2.08. The maximum absolute atomic E-state index is 12.5. The van der Waals surface area contributed by atoms with Crippen LogP contribution in [0.2, 0.25) is 0 Å². The molecule has 0 bridgehead atoms.